The van der Waals surface area contributed by atoms with E-state index in [1.165, 1.54) is 0 Å². The largest absolute Gasteiger partial charge is 0.466 e. The molecule has 114 valence electrons. The van der Waals surface area contributed by atoms with Crippen molar-refractivity contribution in [2.45, 2.75) is 20.3 Å². The molecule has 0 aromatic heterocycles. The van der Waals surface area contributed by atoms with Crippen molar-refractivity contribution < 1.29 is 19.1 Å². The molecule has 0 bridgehead atoms. The van der Waals surface area contributed by atoms with Crippen molar-refractivity contribution in [1.29, 1.82) is 0 Å². The normalized spacial score (nSPS) is 9.81. The van der Waals surface area contributed by atoms with Gasteiger partial charge in [0.1, 0.15) is 0 Å². The topological polar surface area (TPSA) is 84.5 Å². The average molecular weight is 292 g/mol. The fourth-order valence-corrected chi connectivity index (χ4v) is 1.65. The quantitative estimate of drug-likeness (QED) is 0.728. The Kier molecular flexibility index (Phi) is 6.94. The number of nitrogens with one attached hydrogen (secondary N) is 2. The van der Waals surface area contributed by atoms with E-state index in [1.807, 2.05) is 13.0 Å². The standard InChI is InChI=1S/C15H20N2O4/c1-3-21-14(19)7-8-16-13(18)10-17-15(20)12-6-4-5-11(2)9-12/h4-6,9H,3,7-8,10H2,1-2H3,(H,16,18)(H,17,20). The maximum Gasteiger partial charge on any atom is 0.307 e. The average Bonchev–Trinajstić information content (AvgIpc) is 2.45. The van der Waals surface area contributed by atoms with Crippen LogP contribution in [0.4, 0.5) is 0 Å². The van der Waals surface area contributed by atoms with Crippen LogP contribution >= 0.6 is 0 Å². The first kappa shape index (κ1) is 16.7. The van der Waals surface area contributed by atoms with E-state index in [0.717, 1.165) is 5.56 Å². The minimum Gasteiger partial charge on any atom is -0.466 e. The van der Waals surface area contributed by atoms with Crippen LogP contribution in [0.1, 0.15) is 29.3 Å². The molecule has 0 aliphatic carbocycles. The van der Waals surface area contributed by atoms with E-state index in [-0.39, 0.29) is 37.3 Å². The molecule has 1 aromatic carbocycles. The van der Waals surface area contributed by atoms with E-state index in [4.69, 9.17) is 4.74 Å². The summed E-state index contributed by atoms with van der Waals surface area (Å²) in [4.78, 5) is 34.4. The number of carbonyl (C=O) groups is 3. The molecule has 2 N–H and O–H groups in total. The second-order valence-corrected chi connectivity index (χ2v) is 4.46. The Balaban J connectivity index is 2.27. The third-order valence-electron chi connectivity index (χ3n) is 2.65. The van der Waals surface area contributed by atoms with E-state index >= 15 is 0 Å². The molecule has 1 rings (SSSR count). The fraction of sp³-hybridized carbons (Fsp3) is 0.400. The highest BCUT2D eigenvalue weighted by atomic mass is 16.5. The lowest BCUT2D eigenvalue weighted by Crippen LogP contribution is -2.37. The summed E-state index contributed by atoms with van der Waals surface area (Å²) in [6, 6.07) is 7.09. The zero-order valence-corrected chi connectivity index (χ0v) is 12.3. The van der Waals surface area contributed by atoms with Crippen LogP contribution in [0.25, 0.3) is 0 Å². The Hall–Kier alpha value is -2.37. The number of amides is 2. The second kappa shape index (κ2) is 8.73. The van der Waals surface area contributed by atoms with E-state index in [0.29, 0.717) is 12.2 Å². The molecule has 0 heterocycles. The molecule has 0 atom stereocenters. The molecule has 0 fully saturated rings. The van der Waals surface area contributed by atoms with Crippen molar-refractivity contribution in [3.8, 4) is 0 Å². The molecule has 2 amide bonds. The van der Waals surface area contributed by atoms with Gasteiger partial charge in [0.25, 0.3) is 5.91 Å². The van der Waals surface area contributed by atoms with Crippen molar-refractivity contribution >= 4 is 17.8 Å². The molecule has 21 heavy (non-hydrogen) atoms. The number of carbonyl (C=O) groups excluding carboxylic acids is 3. The molecule has 0 aliphatic heterocycles. The lowest BCUT2D eigenvalue weighted by atomic mass is 10.1. The highest BCUT2D eigenvalue weighted by Crippen LogP contribution is 2.03. The minimum absolute atomic E-state index is 0.116. The van der Waals surface area contributed by atoms with Crippen molar-refractivity contribution in [3.63, 3.8) is 0 Å². The van der Waals surface area contributed by atoms with Gasteiger partial charge in [-0.25, -0.2) is 0 Å². The number of aryl methyl sites for hydroxylation is 1. The summed E-state index contributed by atoms with van der Waals surface area (Å²) in [5.74, 6) is -1.01. The van der Waals surface area contributed by atoms with Crippen LogP contribution in [0.5, 0.6) is 0 Å². The maximum atomic E-state index is 11.8. The summed E-state index contributed by atoms with van der Waals surface area (Å²) in [6.07, 6.45) is 0.116. The Morgan fingerprint density at radius 3 is 2.62 bits per heavy atom. The van der Waals surface area contributed by atoms with Gasteiger partial charge in [-0.2, -0.15) is 0 Å². The highest BCUT2D eigenvalue weighted by Gasteiger charge is 2.08. The van der Waals surface area contributed by atoms with Gasteiger partial charge in [0.2, 0.25) is 5.91 Å². The van der Waals surface area contributed by atoms with Crippen LogP contribution < -0.4 is 10.6 Å². The van der Waals surface area contributed by atoms with E-state index in [1.54, 1.807) is 25.1 Å². The Morgan fingerprint density at radius 1 is 1.19 bits per heavy atom. The number of hydrogen-bond acceptors (Lipinski definition) is 4. The molecule has 6 nitrogen and oxygen atoms in total. The number of esters is 1. The minimum atomic E-state index is -0.360. The fourth-order valence-electron chi connectivity index (χ4n) is 1.65. The van der Waals surface area contributed by atoms with Crippen molar-refractivity contribution in [3.05, 3.63) is 35.4 Å². The summed E-state index contributed by atoms with van der Waals surface area (Å²) in [6.45, 7) is 3.99. The first-order chi connectivity index (χ1) is 10.0. The van der Waals surface area contributed by atoms with Gasteiger partial charge in [-0.15, -0.1) is 0 Å². The molecule has 0 unspecified atom stereocenters. The van der Waals surface area contributed by atoms with Gasteiger partial charge in [-0.05, 0) is 26.0 Å². The van der Waals surface area contributed by atoms with Crippen molar-refractivity contribution in [2.75, 3.05) is 19.7 Å². The molecule has 0 saturated heterocycles. The van der Waals surface area contributed by atoms with Gasteiger partial charge >= 0.3 is 5.97 Å². The van der Waals surface area contributed by atoms with Crippen LogP contribution in [-0.4, -0.2) is 37.5 Å². The van der Waals surface area contributed by atoms with Crippen LogP contribution in [-0.2, 0) is 14.3 Å². The summed E-state index contributed by atoms with van der Waals surface area (Å²) < 4.78 is 4.73. The molecular weight excluding hydrogens is 272 g/mol. The summed E-state index contributed by atoms with van der Waals surface area (Å²) in [7, 11) is 0. The predicted octanol–water partition coefficient (Wildman–Crippen LogP) is 0.794. The molecular formula is C15H20N2O4. The van der Waals surface area contributed by atoms with Gasteiger partial charge in [0.15, 0.2) is 0 Å². The number of ether oxygens (including phenoxy) is 1. The summed E-state index contributed by atoms with van der Waals surface area (Å²) >= 11 is 0. The third-order valence-corrected chi connectivity index (χ3v) is 2.65. The Morgan fingerprint density at radius 2 is 1.95 bits per heavy atom. The Bertz CT molecular complexity index is 514. The van der Waals surface area contributed by atoms with Gasteiger partial charge < -0.3 is 15.4 Å². The van der Waals surface area contributed by atoms with Crippen LogP contribution in [0.3, 0.4) is 0 Å². The van der Waals surface area contributed by atoms with Crippen LogP contribution in [0, 0.1) is 6.92 Å². The van der Waals surface area contributed by atoms with Gasteiger partial charge in [0, 0.05) is 12.1 Å². The number of benzene rings is 1. The number of hydrogen-bond donors (Lipinski definition) is 2. The van der Waals surface area contributed by atoms with Crippen LogP contribution in [0.2, 0.25) is 0 Å². The highest BCUT2D eigenvalue weighted by molar-refractivity contribution is 5.96. The smallest absolute Gasteiger partial charge is 0.307 e. The molecule has 0 radical (unpaired) electrons. The van der Waals surface area contributed by atoms with Gasteiger partial charge in [-0.3, -0.25) is 14.4 Å². The maximum absolute atomic E-state index is 11.8. The summed E-state index contributed by atoms with van der Waals surface area (Å²) in [5, 5.41) is 5.06. The molecule has 0 aliphatic rings. The molecule has 1 aromatic rings. The lowest BCUT2D eigenvalue weighted by Gasteiger charge is -2.07. The Labute approximate surface area is 123 Å². The molecule has 0 saturated carbocycles. The summed E-state index contributed by atoms with van der Waals surface area (Å²) in [5.41, 5.74) is 1.48. The van der Waals surface area contributed by atoms with E-state index in [2.05, 4.69) is 10.6 Å². The van der Waals surface area contributed by atoms with Gasteiger partial charge in [-0.1, -0.05) is 17.7 Å². The van der Waals surface area contributed by atoms with Crippen molar-refractivity contribution in [1.82, 2.24) is 10.6 Å². The third kappa shape index (κ3) is 6.56. The SMILES string of the molecule is CCOC(=O)CCNC(=O)CNC(=O)c1cccc(C)c1. The van der Waals surface area contributed by atoms with E-state index < -0.39 is 0 Å². The first-order valence-electron chi connectivity index (χ1n) is 6.80. The zero-order chi connectivity index (χ0) is 15.7. The first-order valence-corrected chi connectivity index (χ1v) is 6.80. The number of rotatable bonds is 7. The monoisotopic (exact) mass is 292 g/mol. The van der Waals surface area contributed by atoms with Gasteiger partial charge in [0.05, 0.1) is 19.6 Å². The predicted molar refractivity (Wildman–Crippen MR) is 77.8 cm³/mol. The zero-order valence-electron chi connectivity index (χ0n) is 12.3. The second-order valence-electron chi connectivity index (χ2n) is 4.46. The van der Waals surface area contributed by atoms with Crippen LogP contribution in [0.15, 0.2) is 24.3 Å². The molecule has 0 spiro atoms. The molecule has 6 heteroatoms. The van der Waals surface area contributed by atoms with Crippen molar-refractivity contribution in [2.24, 2.45) is 0 Å². The lowest BCUT2D eigenvalue weighted by molar-refractivity contribution is -0.143. The van der Waals surface area contributed by atoms with E-state index in [9.17, 15) is 14.4 Å².